The summed E-state index contributed by atoms with van der Waals surface area (Å²) in [5.41, 5.74) is 0. The highest BCUT2D eigenvalue weighted by Crippen LogP contribution is 2.37. The Labute approximate surface area is 118 Å². The van der Waals surface area contributed by atoms with E-state index in [9.17, 15) is 4.21 Å². The molecule has 1 unspecified atom stereocenters. The first kappa shape index (κ1) is 16.4. The van der Waals surface area contributed by atoms with Gasteiger partial charge in [0.1, 0.15) is 9.92 Å². The maximum Gasteiger partial charge on any atom is 0.195 e. The third kappa shape index (κ3) is 3.67. The zero-order valence-corrected chi connectivity index (χ0v) is 14.8. The molecular weight excluding hydrogens is 276 g/mol. The smallest absolute Gasteiger partial charge is 0.195 e. The van der Waals surface area contributed by atoms with Crippen LogP contribution in [-0.2, 0) is 9.92 Å². The van der Waals surface area contributed by atoms with Crippen LogP contribution in [0.3, 0.4) is 0 Å². The molecule has 0 bridgehead atoms. The second kappa shape index (κ2) is 5.03. The lowest BCUT2D eigenvalue weighted by molar-refractivity contribution is 0.598. The van der Waals surface area contributed by atoms with Crippen molar-refractivity contribution in [2.75, 3.05) is 0 Å². The van der Waals surface area contributed by atoms with Crippen LogP contribution in [0.5, 0.6) is 0 Å². The number of nitrogens with zero attached hydrogens (tertiary/aromatic N) is 3. The highest BCUT2D eigenvalue weighted by molar-refractivity contribution is 7.92. The van der Waals surface area contributed by atoms with Gasteiger partial charge in [-0.1, -0.05) is 20.8 Å². The van der Waals surface area contributed by atoms with E-state index in [1.807, 2.05) is 18.4 Å². The van der Waals surface area contributed by atoms with E-state index in [1.54, 1.807) is 12.5 Å². The van der Waals surface area contributed by atoms with Gasteiger partial charge < -0.3 is 4.57 Å². The Morgan fingerprint density at radius 3 is 2.32 bits per heavy atom. The molecule has 1 rings (SSSR count). The van der Waals surface area contributed by atoms with Crippen LogP contribution in [0.25, 0.3) is 0 Å². The first-order chi connectivity index (χ1) is 8.37. The number of imidazole rings is 1. The van der Waals surface area contributed by atoms with Gasteiger partial charge in [-0.05, 0) is 32.0 Å². The largest absolute Gasteiger partial charge is 0.334 e. The van der Waals surface area contributed by atoms with Crippen molar-refractivity contribution in [1.29, 1.82) is 0 Å². The summed E-state index contributed by atoms with van der Waals surface area (Å²) in [5, 5.41) is 6.34. The van der Waals surface area contributed by atoms with Crippen LogP contribution in [0.4, 0.5) is 0 Å². The van der Waals surface area contributed by atoms with Crippen molar-refractivity contribution in [2.24, 2.45) is 9.17 Å². The van der Waals surface area contributed by atoms with E-state index >= 15 is 0 Å². The van der Waals surface area contributed by atoms with Gasteiger partial charge >= 0.3 is 0 Å². The Morgan fingerprint density at radius 2 is 1.95 bits per heavy atom. The summed E-state index contributed by atoms with van der Waals surface area (Å²) in [6.07, 6.45) is 3.40. The molecule has 0 aliphatic heterocycles. The molecule has 1 aromatic rings. The molecule has 5 nitrogen and oxygen atoms in total. The van der Waals surface area contributed by atoms with Crippen LogP contribution in [0.15, 0.2) is 21.6 Å². The summed E-state index contributed by atoms with van der Waals surface area (Å²) in [7, 11) is -4.97. The SMILES string of the molecule is CC(C)n1cnc(S(N)(=O)=N[Si](C)(C)C(C)(C)C)c1. The van der Waals surface area contributed by atoms with E-state index in [4.69, 9.17) is 5.14 Å². The highest BCUT2D eigenvalue weighted by Gasteiger charge is 2.37. The first-order valence-corrected chi connectivity index (χ1v) is 11.0. The lowest BCUT2D eigenvalue weighted by Crippen LogP contribution is -2.37. The Hall–Kier alpha value is -0.663. The lowest BCUT2D eigenvalue weighted by Gasteiger charge is -2.32. The normalized spacial score (nSPS) is 16.5. The zero-order chi connectivity index (χ0) is 15.1. The number of rotatable bonds is 3. The van der Waals surface area contributed by atoms with Crippen LogP contribution in [0.1, 0.15) is 40.7 Å². The molecule has 0 saturated carbocycles. The standard InChI is InChI=1S/C12H26N4OSSi/c1-10(2)16-8-11(14-9-16)18(13,17)15-19(6,7)12(3,4)5/h8-10H,1-7H3,(H2,13,15,17). The van der Waals surface area contributed by atoms with Crippen LogP contribution in [0.2, 0.25) is 18.1 Å². The molecular formula is C12H26N4OSSi. The van der Waals surface area contributed by atoms with Crippen molar-refractivity contribution in [3.8, 4) is 0 Å². The molecule has 0 amide bonds. The molecule has 0 fully saturated rings. The predicted molar refractivity (Wildman–Crippen MR) is 82.8 cm³/mol. The topological polar surface area (TPSA) is 73.3 Å². The summed E-state index contributed by atoms with van der Waals surface area (Å²) in [6.45, 7) is 14.6. The van der Waals surface area contributed by atoms with Gasteiger partial charge in [-0.15, -0.1) is 0 Å². The molecule has 19 heavy (non-hydrogen) atoms. The Kier molecular flexibility index (Phi) is 4.34. The minimum Gasteiger partial charge on any atom is -0.334 e. The lowest BCUT2D eigenvalue weighted by atomic mass is 10.2. The van der Waals surface area contributed by atoms with Gasteiger partial charge in [-0.2, -0.15) is 0 Å². The summed E-state index contributed by atoms with van der Waals surface area (Å²) in [6, 6.07) is 0.268. The molecule has 0 aromatic carbocycles. The average Bonchev–Trinajstić information content (AvgIpc) is 2.62. The highest BCUT2D eigenvalue weighted by atomic mass is 32.2. The van der Waals surface area contributed by atoms with Crippen LogP contribution in [-0.4, -0.2) is 22.0 Å². The van der Waals surface area contributed by atoms with Gasteiger partial charge in [0.2, 0.25) is 0 Å². The minimum atomic E-state index is -2.91. The van der Waals surface area contributed by atoms with E-state index in [2.05, 4.69) is 42.9 Å². The van der Waals surface area contributed by atoms with E-state index in [0.29, 0.717) is 5.03 Å². The molecule has 0 radical (unpaired) electrons. The quantitative estimate of drug-likeness (QED) is 0.871. The molecule has 0 spiro atoms. The molecule has 2 N–H and O–H groups in total. The number of hydrogen-bond donors (Lipinski definition) is 1. The van der Waals surface area contributed by atoms with Gasteiger partial charge in [-0.25, -0.2) is 14.3 Å². The van der Waals surface area contributed by atoms with E-state index in [0.717, 1.165) is 0 Å². The van der Waals surface area contributed by atoms with Crippen molar-refractivity contribution < 1.29 is 4.21 Å². The van der Waals surface area contributed by atoms with Crippen LogP contribution < -0.4 is 5.14 Å². The Balaban J connectivity index is 3.27. The monoisotopic (exact) mass is 302 g/mol. The van der Waals surface area contributed by atoms with Crippen molar-refractivity contribution in [3.63, 3.8) is 0 Å². The Morgan fingerprint density at radius 1 is 1.42 bits per heavy atom. The van der Waals surface area contributed by atoms with Gasteiger partial charge in [0.15, 0.2) is 13.3 Å². The third-order valence-corrected chi connectivity index (χ3v) is 11.1. The predicted octanol–water partition coefficient (Wildman–Crippen LogP) is 3.17. The molecule has 1 heterocycles. The van der Waals surface area contributed by atoms with Crippen molar-refractivity contribution >= 4 is 18.2 Å². The summed E-state index contributed by atoms with van der Waals surface area (Å²) in [4.78, 5) is 4.17. The number of aromatic nitrogens is 2. The molecule has 0 aliphatic rings. The summed E-state index contributed by atoms with van der Waals surface area (Å²) >= 11 is 0. The fraction of sp³-hybridized carbons (Fsp3) is 0.750. The van der Waals surface area contributed by atoms with E-state index in [1.165, 1.54) is 0 Å². The maximum absolute atomic E-state index is 12.7. The average molecular weight is 303 g/mol. The number of hydrogen-bond acceptors (Lipinski definition) is 3. The molecule has 110 valence electrons. The summed E-state index contributed by atoms with van der Waals surface area (Å²) < 4.78 is 19.1. The number of nitrogens with two attached hydrogens (primary N) is 1. The van der Waals surface area contributed by atoms with Crippen molar-refractivity contribution in [1.82, 2.24) is 9.55 Å². The van der Waals surface area contributed by atoms with Gasteiger partial charge in [0, 0.05) is 12.2 Å². The van der Waals surface area contributed by atoms with Gasteiger partial charge in [0.25, 0.3) is 0 Å². The van der Waals surface area contributed by atoms with Crippen LogP contribution >= 0.6 is 0 Å². The second-order valence-corrected chi connectivity index (χ2v) is 13.6. The van der Waals surface area contributed by atoms with E-state index < -0.39 is 18.2 Å². The van der Waals surface area contributed by atoms with Crippen molar-refractivity contribution in [2.45, 2.75) is 63.8 Å². The molecule has 0 aliphatic carbocycles. The van der Waals surface area contributed by atoms with Gasteiger partial charge in [-0.3, -0.25) is 4.03 Å². The van der Waals surface area contributed by atoms with Crippen LogP contribution in [0, 0.1) is 0 Å². The molecule has 1 aromatic heterocycles. The molecule has 0 saturated heterocycles. The van der Waals surface area contributed by atoms with Gasteiger partial charge in [0.05, 0.1) is 6.33 Å². The molecule has 7 heteroatoms. The van der Waals surface area contributed by atoms with E-state index in [-0.39, 0.29) is 11.1 Å². The Bertz CT molecular complexity index is 563. The molecule has 1 atom stereocenters. The fourth-order valence-corrected chi connectivity index (χ4v) is 5.93. The first-order valence-electron chi connectivity index (χ1n) is 6.46. The fourth-order valence-electron chi connectivity index (χ4n) is 1.27. The zero-order valence-electron chi connectivity index (χ0n) is 13.0. The maximum atomic E-state index is 12.7. The van der Waals surface area contributed by atoms with Crippen molar-refractivity contribution in [3.05, 3.63) is 12.5 Å². The summed E-state index contributed by atoms with van der Waals surface area (Å²) in [5.74, 6) is 0. The second-order valence-electron chi connectivity index (χ2n) is 6.72. The minimum absolute atomic E-state index is 0.00957. The third-order valence-electron chi connectivity index (χ3n) is 3.67.